The number of rotatable bonds is 8. The highest BCUT2D eigenvalue weighted by Crippen LogP contribution is 2.07. The van der Waals surface area contributed by atoms with Crippen LogP contribution in [0.2, 0.25) is 0 Å². The number of hydrogen-bond acceptors (Lipinski definition) is 4. The van der Waals surface area contributed by atoms with Gasteiger partial charge in [-0.2, -0.15) is 5.10 Å². The van der Waals surface area contributed by atoms with E-state index in [-0.39, 0.29) is 11.9 Å². The monoisotopic (exact) mass is 306 g/mol. The molecule has 0 radical (unpaired) electrons. The molecule has 6 heteroatoms. The number of amides is 1. The second-order valence-corrected chi connectivity index (χ2v) is 6.23. The van der Waals surface area contributed by atoms with Gasteiger partial charge in [0, 0.05) is 23.7 Å². The molecule has 2 aromatic heterocycles. The quantitative estimate of drug-likeness (QED) is 0.778. The van der Waals surface area contributed by atoms with Crippen LogP contribution in [0.25, 0.3) is 0 Å². The van der Waals surface area contributed by atoms with Crippen molar-refractivity contribution in [2.24, 2.45) is 0 Å². The molecule has 2 aromatic rings. The van der Waals surface area contributed by atoms with Crippen LogP contribution in [-0.2, 0) is 17.8 Å². The number of carbonyl (C=O) groups is 1. The van der Waals surface area contributed by atoms with E-state index in [1.54, 1.807) is 11.3 Å². The molecule has 0 aliphatic heterocycles. The molecular formula is C15H22N4OS. The Morgan fingerprint density at radius 1 is 1.52 bits per heavy atom. The lowest BCUT2D eigenvalue weighted by Crippen LogP contribution is -2.40. The molecule has 114 valence electrons. The molecule has 0 saturated heterocycles. The zero-order valence-corrected chi connectivity index (χ0v) is 13.3. The highest BCUT2D eigenvalue weighted by molar-refractivity contribution is 7.09. The van der Waals surface area contributed by atoms with Crippen molar-refractivity contribution < 1.29 is 4.79 Å². The highest BCUT2D eigenvalue weighted by Gasteiger charge is 2.06. The van der Waals surface area contributed by atoms with Crippen LogP contribution >= 0.6 is 11.3 Å². The van der Waals surface area contributed by atoms with Crippen LogP contribution in [0.3, 0.4) is 0 Å². The zero-order valence-electron chi connectivity index (χ0n) is 12.5. The van der Waals surface area contributed by atoms with E-state index in [9.17, 15) is 4.79 Å². The summed E-state index contributed by atoms with van der Waals surface area (Å²) in [5.41, 5.74) is 1.15. The lowest BCUT2D eigenvalue weighted by molar-refractivity contribution is -0.120. The lowest BCUT2D eigenvalue weighted by atomic mass is 10.3. The smallest absolute Gasteiger partial charge is 0.233 e. The van der Waals surface area contributed by atoms with Crippen LogP contribution in [0.15, 0.2) is 29.9 Å². The Morgan fingerprint density at radius 2 is 2.38 bits per heavy atom. The maximum atomic E-state index is 11.7. The number of nitrogens with zero attached hydrogens (tertiary/aromatic N) is 2. The second kappa shape index (κ2) is 7.95. The minimum Gasteiger partial charge on any atom is -0.355 e. The molecule has 21 heavy (non-hydrogen) atoms. The van der Waals surface area contributed by atoms with Gasteiger partial charge < -0.3 is 10.6 Å². The van der Waals surface area contributed by atoms with Crippen LogP contribution in [0, 0.1) is 6.92 Å². The van der Waals surface area contributed by atoms with Crippen molar-refractivity contribution in [2.75, 3.05) is 13.1 Å². The molecule has 0 unspecified atom stereocenters. The summed E-state index contributed by atoms with van der Waals surface area (Å²) in [6.07, 6.45) is 4.73. The molecule has 0 fully saturated rings. The molecule has 0 saturated carbocycles. The van der Waals surface area contributed by atoms with Gasteiger partial charge in [-0.25, -0.2) is 0 Å². The third-order valence-electron chi connectivity index (χ3n) is 3.11. The van der Waals surface area contributed by atoms with Crippen LogP contribution in [0.1, 0.15) is 17.4 Å². The predicted molar refractivity (Wildman–Crippen MR) is 85.5 cm³/mol. The number of hydrogen-bond donors (Lipinski definition) is 2. The maximum absolute atomic E-state index is 11.7. The summed E-state index contributed by atoms with van der Waals surface area (Å²) in [6.45, 7) is 5.86. The van der Waals surface area contributed by atoms with E-state index < -0.39 is 0 Å². The molecule has 0 spiro atoms. The molecule has 0 aromatic carbocycles. The summed E-state index contributed by atoms with van der Waals surface area (Å²) in [6, 6.07) is 4.32. The Bertz CT molecular complexity index is 550. The number of thiophene rings is 1. The summed E-state index contributed by atoms with van der Waals surface area (Å²) < 4.78 is 1.89. The van der Waals surface area contributed by atoms with E-state index in [2.05, 4.69) is 34.1 Å². The molecule has 0 bridgehead atoms. The molecule has 1 amide bonds. The SMILES string of the molecule is Cc1cnn(C[C@@H](C)NCC(=O)NCCc2cccs2)c1. The van der Waals surface area contributed by atoms with E-state index in [0.29, 0.717) is 13.1 Å². The van der Waals surface area contributed by atoms with E-state index in [1.807, 2.05) is 30.1 Å². The summed E-state index contributed by atoms with van der Waals surface area (Å²) in [4.78, 5) is 13.0. The van der Waals surface area contributed by atoms with Crippen LogP contribution in [0.5, 0.6) is 0 Å². The molecule has 0 aliphatic rings. The van der Waals surface area contributed by atoms with Gasteiger partial charge in [-0.3, -0.25) is 9.48 Å². The van der Waals surface area contributed by atoms with Gasteiger partial charge in [-0.15, -0.1) is 11.3 Å². The first-order valence-electron chi connectivity index (χ1n) is 7.15. The third kappa shape index (κ3) is 5.69. The fourth-order valence-electron chi connectivity index (χ4n) is 2.02. The van der Waals surface area contributed by atoms with Crippen molar-refractivity contribution in [1.29, 1.82) is 0 Å². The first kappa shape index (κ1) is 15.7. The van der Waals surface area contributed by atoms with Crippen molar-refractivity contribution >= 4 is 17.2 Å². The van der Waals surface area contributed by atoms with Crippen molar-refractivity contribution in [3.05, 3.63) is 40.3 Å². The molecule has 2 rings (SSSR count). The average molecular weight is 306 g/mol. The zero-order chi connectivity index (χ0) is 15.1. The number of aromatic nitrogens is 2. The van der Waals surface area contributed by atoms with Crippen molar-refractivity contribution in [2.45, 2.75) is 32.9 Å². The Kier molecular flexibility index (Phi) is 5.95. The third-order valence-corrected chi connectivity index (χ3v) is 4.04. The summed E-state index contributed by atoms with van der Waals surface area (Å²) >= 11 is 1.72. The van der Waals surface area contributed by atoms with E-state index >= 15 is 0 Å². The largest absolute Gasteiger partial charge is 0.355 e. The first-order valence-corrected chi connectivity index (χ1v) is 8.03. The molecule has 0 aliphatic carbocycles. The summed E-state index contributed by atoms with van der Waals surface area (Å²) in [7, 11) is 0. The van der Waals surface area contributed by atoms with Crippen LogP contribution in [-0.4, -0.2) is 34.8 Å². The predicted octanol–water partition coefficient (Wildman–Crippen LogP) is 1.59. The normalized spacial score (nSPS) is 12.3. The van der Waals surface area contributed by atoms with Crippen molar-refractivity contribution in [3.63, 3.8) is 0 Å². The lowest BCUT2D eigenvalue weighted by Gasteiger charge is -2.13. The second-order valence-electron chi connectivity index (χ2n) is 5.20. The van der Waals surface area contributed by atoms with Gasteiger partial charge >= 0.3 is 0 Å². The van der Waals surface area contributed by atoms with Gasteiger partial charge in [0.05, 0.1) is 19.3 Å². The Labute approximate surface area is 129 Å². The number of carbonyl (C=O) groups excluding carboxylic acids is 1. The standard InChI is InChI=1S/C15H22N4OS/c1-12-8-18-19(10-12)11-13(2)17-9-15(20)16-6-5-14-4-3-7-21-14/h3-4,7-8,10,13,17H,5-6,9,11H2,1-2H3,(H,16,20)/t13-/m1/s1. The molecule has 1 atom stereocenters. The Balaban J connectivity index is 1.59. The van der Waals surface area contributed by atoms with Gasteiger partial charge in [-0.1, -0.05) is 6.07 Å². The minimum atomic E-state index is 0.0371. The van der Waals surface area contributed by atoms with Gasteiger partial charge in [0.25, 0.3) is 0 Å². The van der Waals surface area contributed by atoms with Crippen molar-refractivity contribution in [1.82, 2.24) is 20.4 Å². The van der Waals surface area contributed by atoms with Gasteiger partial charge in [0.2, 0.25) is 5.91 Å². The van der Waals surface area contributed by atoms with Gasteiger partial charge in [0.15, 0.2) is 0 Å². The summed E-state index contributed by atoms with van der Waals surface area (Å²) in [5, 5.41) is 12.4. The Hall–Kier alpha value is -1.66. The first-order chi connectivity index (χ1) is 10.1. The van der Waals surface area contributed by atoms with Crippen molar-refractivity contribution in [3.8, 4) is 0 Å². The Morgan fingerprint density at radius 3 is 3.05 bits per heavy atom. The van der Waals surface area contributed by atoms with Gasteiger partial charge in [-0.05, 0) is 37.3 Å². The number of aryl methyl sites for hydroxylation is 1. The van der Waals surface area contributed by atoms with E-state index in [1.165, 1.54) is 4.88 Å². The van der Waals surface area contributed by atoms with Gasteiger partial charge in [0.1, 0.15) is 0 Å². The van der Waals surface area contributed by atoms with E-state index in [4.69, 9.17) is 0 Å². The highest BCUT2D eigenvalue weighted by atomic mass is 32.1. The molecule has 5 nitrogen and oxygen atoms in total. The van der Waals surface area contributed by atoms with Crippen LogP contribution < -0.4 is 10.6 Å². The topological polar surface area (TPSA) is 59.0 Å². The fourth-order valence-corrected chi connectivity index (χ4v) is 2.73. The molecular weight excluding hydrogens is 284 g/mol. The summed E-state index contributed by atoms with van der Waals surface area (Å²) in [5.74, 6) is 0.0371. The maximum Gasteiger partial charge on any atom is 0.233 e. The molecule has 2 N–H and O–H groups in total. The molecule has 2 heterocycles. The van der Waals surface area contributed by atoms with Crippen LogP contribution in [0.4, 0.5) is 0 Å². The average Bonchev–Trinajstić information content (AvgIpc) is 3.08. The van der Waals surface area contributed by atoms with E-state index in [0.717, 1.165) is 18.5 Å². The number of nitrogens with one attached hydrogen (secondary N) is 2. The minimum absolute atomic E-state index is 0.0371. The fraction of sp³-hybridized carbons (Fsp3) is 0.467.